The minimum Gasteiger partial charge on any atom is -0.508 e. The number of carbonyl (C=O) groups is 2. The van der Waals surface area contributed by atoms with Gasteiger partial charge in [-0.3, -0.25) is 15.0 Å². The number of benzene rings is 3. The molecule has 1 unspecified atom stereocenters. The lowest BCUT2D eigenvalue weighted by Crippen LogP contribution is -2.36. The molecule has 3 N–H and O–H groups in total. The SMILES string of the molecule is Cc1cc(OC(C)C(=O)Nc2ccc(Cl)c(N=C3CC(=O)N(c4c(Cl)cc(Cl)cc4Cl)N3)c2)ccc1O. The Hall–Kier alpha value is -3.17. The lowest BCUT2D eigenvalue weighted by Gasteiger charge is -2.19. The fourth-order valence-corrected chi connectivity index (χ4v) is 4.62. The fourth-order valence-electron chi connectivity index (χ4n) is 3.47. The molecular weight excluding hydrogens is 562 g/mol. The molecule has 2 amide bonds. The third kappa shape index (κ3) is 6.22. The number of halogens is 4. The predicted octanol–water partition coefficient (Wildman–Crippen LogP) is 6.69. The Morgan fingerprint density at radius 2 is 1.78 bits per heavy atom. The van der Waals surface area contributed by atoms with Gasteiger partial charge in [-0.05, 0) is 67.9 Å². The van der Waals surface area contributed by atoms with Gasteiger partial charge in [0.25, 0.3) is 11.8 Å². The second-order valence-electron chi connectivity index (χ2n) is 8.16. The predicted molar refractivity (Wildman–Crippen MR) is 147 cm³/mol. The number of anilines is 2. The van der Waals surface area contributed by atoms with Gasteiger partial charge in [0, 0.05) is 10.7 Å². The molecule has 37 heavy (non-hydrogen) atoms. The summed E-state index contributed by atoms with van der Waals surface area (Å²) in [5.41, 5.74) is 4.53. The number of aromatic hydroxyl groups is 1. The normalized spacial score (nSPS) is 15.0. The molecule has 1 heterocycles. The summed E-state index contributed by atoms with van der Waals surface area (Å²) in [5.74, 6) is 0.154. The smallest absolute Gasteiger partial charge is 0.265 e. The van der Waals surface area contributed by atoms with Crippen molar-refractivity contribution in [3.05, 3.63) is 74.2 Å². The minimum absolute atomic E-state index is 0.0564. The van der Waals surface area contributed by atoms with Gasteiger partial charge < -0.3 is 15.2 Å². The summed E-state index contributed by atoms with van der Waals surface area (Å²) in [4.78, 5) is 29.8. The Kier molecular flexibility index (Phi) is 8.04. The number of phenolic OH excluding ortho intramolecular Hbond substituents is 1. The monoisotopic (exact) mass is 580 g/mol. The molecule has 1 atom stereocenters. The molecule has 0 aromatic heterocycles. The molecule has 0 bridgehead atoms. The first-order valence-electron chi connectivity index (χ1n) is 10.9. The Morgan fingerprint density at radius 3 is 2.46 bits per heavy atom. The van der Waals surface area contributed by atoms with Crippen LogP contribution in [0.3, 0.4) is 0 Å². The number of rotatable bonds is 6. The Morgan fingerprint density at radius 1 is 1.08 bits per heavy atom. The molecule has 0 saturated carbocycles. The van der Waals surface area contributed by atoms with E-state index < -0.39 is 12.0 Å². The maximum Gasteiger partial charge on any atom is 0.265 e. The zero-order chi connectivity index (χ0) is 26.9. The van der Waals surface area contributed by atoms with Crippen molar-refractivity contribution in [1.82, 2.24) is 5.43 Å². The van der Waals surface area contributed by atoms with Gasteiger partial charge in [0.1, 0.15) is 23.0 Å². The van der Waals surface area contributed by atoms with Crippen LogP contribution >= 0.6 is 46.4 Å². The average molecular weight is 582 g/mol. The molecular formula is C25H20Cl4N4O4. The first-order valence-corrected chi connectivity index (χ1v) is 12.4. The number of aryl methyl sites for hydroxylation is 1. The maximum absolute atomic E-state index is 12.7. The van der Waals surface area contributed by atoms with Crippen molar-refractivity contribution in [2.24, 2.45) is 4.99 Å². The summed E-state index contributed by atoms with van der Waals surface area (Å²) >= 11 is 24.8. The highest BCUT2D eigenvalue weighted by molar-refractivity contribution is 6.42. The highest BCUT2D eigenvalue weighted by atomic mass is 35.5. The van der Waals surface area contributed by atoms with E-state index in [0.29, 0.717) is 38.6 Å². The van der Waals surface area contributed by atoms with Crippen LogP contribution in [0.2, 0.25) is 20.1 Å². The zero-order valence-corrected chi connectivity index (χ0v) is 22.5. The van der Waals surface area contributed by atoms with Gasteiger partial charge in [0.2, 0.25) is 0 Å². The van der Waals surface area contributed by atoms with E-state index in [-0.39, 0.29) is 33.8 Å². The number of hydrogen-bond acceptors (Lipinski definition) is 5. The van der Waals surface area contributed by atoms with Crippen LogP contribution in [0, 0.1) is 6.92 Å². The number of phenols is 1. The molecule has 0 radical (unpaired) electrons. The number of nitrogens with one attached hydrogen (secondary N) is 2. The van der Waals surface area contributed by atoms with E-state index in [0.717, 1.165) is 0 Å². The Bertz CT molecular complexity index is 1410. The van der Waals surface area contributed by atoms with Crippen LogP contribution in [0.1, 0.15) is 18.9 Å². The molecule has 1 saturated heterocycles. The van der Waals surface area contributed by atoms with Crippen LogP contribution < -0.4 is 20.5 Å². The molecule has 1 aliphatic rings. The van der Waals surface area contributed by atoms with Crippen LogP contribution in [-0.4, -0.2) is 28.9 Å². The van der Waals surface area contributed by atoms with E-state index in [1.807, 2.05) is 0 Å². The summed E-state index contributed by atoms with van der Waals surface area (Å²) in [6.45, 7) is 3.33. The largest absolute Gasteiger partial charge is 0.508 e. The summed E-state index contributed by atoms with van der Waals surface area (Å²) in [6.07, 6.45) is -0.884. The molecule has 8 nitrogen and oxygen atoms in total. The number of amidine groups is 1. The van der Waals surface area contributed by atoms with Gasteiger partial charge >= 0.3 is 0 Å². The van der Waals surface area contributed by atoms with Crippen molar-refractivity contribution in [3.63, 3.8) is 0 Å². The number of hydrogen-bond donors (Lipinski definition) is 3. The van der Waals surface area contributed by atoms with Crippen molar-refractivity contribution in [3.8, 4) is 11.5 Å². The van der Waals surface area contributed by atoms with Crippen molar-refractivity contribution >= 4 is 81.1 Å². The number of aliphatic imine (C=N–C) groups is 1. The van der Waals surface area contributed by atoms with E-state index in [4.69, 9.17) is 51.1 Å². The third-order valence-corrected chi connectivity index (χ3v) is 6.45. The standard InChI is InChI=1S/C25H20Cl4N4O4/c1-12-7-16(4-6-21(12)34)37-13(2)25(36)30-15-3-5-17(27)20(10-15)31-22-11-23(35)33(32-22)24-18(28)8-14(26)9-19(24)29/h3-10,13,34H,11H2,1-2H3,(H,30,36)(H,31,32). The first-order chi connectivity index (χ1) is 17.5. The van der Waals surface area contributed by atoms with E-state index >= 15 is 0 Å². The molecule has 192 valence electrons. The Labute approximate surface area is 232 Å². The van der Waals surface area contributed by atoms with Gasteiger partial charge in [0.15, 0.2) is 6.10 Å². The van der Waals surface area contributed by atoms with Crippen molar-refractivity contribution in [2.45, 2.75) is 26.4 Å². The number of nitrogens with zero attached hydrogens (tertiary/aromatic N) is 2. The van der Waals surface area contributed by atoms with Crippen LogP contribution in [-0.2, 0) is 9.59 Å². The van der Waals surface area contributed by atoms with Gasteiger partial charge in [-0.2, -0.15) is 0 Å². The van der Waals surface area contributed by atoms with Crippen LogP contribution in [0.4, 0.5) is 17.1 Å². The van der Waals surface area contributed by atoms with Gasteiger partial charge in [-0.15, -0.1) is 0 Å². The molecule has 3 aromatic carbocycles. The number of hydrazine groups is 1. The quantitative estimate of drug-likeness (QED) is 0.301. The highest BCUT2D eigenvalue weighted by Gasteiger charge is 2.30. The topological polar surface area (TPSA) is 103 Å². The molecule has 1 aliphatic heterocycles. The van der Waals surface area contributed by atoms with E-state index in [9.17, 15) is 14.7 Å². The zero-order valence-electron chi connectivity index (χ0n) is 19.5. The van der Waals surface area contributed by atoms with Crippen LogP contribution in [0.25, 0.3) is 0 Å². The summed E-state index contributed by atoms with van der Waals surface area (Å²) in [7, 11) is 0. The van der Waals surface area contributed by atoms with Gasteiger partial charge in [-0.1, -0.05) is 46.4 Å². The van der Waals surface area contributed by atoms with Crippen molar-refractivity contribution in [2.75, 3.05) is 10.3 Å². The number of ether oxygens (including phenoxy) is 1. The van der Waals surface area contributed by atoms with Crippen molar-refractivity contribution in [1.29, 1.82) is 0 Å². The summed E-state index contributed by atoms with van der Waals surface area (Å²) in [6, 6.07) is 12.4. The van der Waals surface area contributed by atoms with Gasteiger partial charge in [0.05, 0.1) is 27.2 Å². The van der Waals surface area contributed by atoms with Gasteiger partial charge in [-0.25, -0.2) is 10.0 Å². The molecule has 12 heteroatoms. The average Bonchev–Trinajstić information content (AvgIpc) is 3.17. The lowest BCUT2D eigenvalue weighted by atomic mass is 10.2. The van der Waals surface area contributed by atoms with Crippen LogP contribution in [0.15, 0.2) is 53.5 Å². The third-order valence-electron chi connectivity index (χ3n) is 5.33. The molecule has 0 spiro atoms. The second-order valence-corrected chi connectivity index (χ2v) is 9.82. The number of amides is 2. The summed E-state index contributed by atoms with van der Waals surface area (Å²) in [5, 5.41) is 14.6. The molecule has 0 aliphatic carbocycles. The lowest BCUT2D eigenvalue weighted by molar-refractivity contribution is -0.122. The second kappa shape index (κ2) is 11.1. The highest BCUT2D eigenvalue weighted by Crippen LogP contribution is 2.37. The van der Waals surface area contributed by atoms with E-state index in [1.54, 1.807) is 44.2 Å². The molecule has 4 rings (SSSR count). The fraction of sp³-hybridized carbons (Fsp3) is 0.160. The molecule has 3 aromatic rings. The Balaban J connectivity index is 1.48. The first kappa shape index (κ1) is 26.9. The molecule has 1 fully saturated rings. The maximum atomic E-state index is 12.7. The van der Waals surface area contributed by atoms with E-state index in [2.05, 4.69) is 15.7 Å². The summed E-state index contributed by atoms with van der Waals surface area (Å²) < 4.78 is 5.68. The van der Waals surface area contributed by atoms with E-state index in [1.165, 1.54) is 23.2 Å². The minimum atomic E-state index is -0.828. The van der Waals surface area contributed by atoms with Crippen molar-refractivity contribution < 1.29 is 19.4 Å². The number of carbonyl (C=O) groups excluding carboxylic acids is 2. The van der Waals surface area contributed by atoms with Crippen LogP contribution in [0.5, 0.6) is 11.5 Å².